The van der Waals surface area contributed by atoms with Crippen molar-refractivity contribution in [3.63, 3.8) is 0 Å². The molecule has 0 radical (unpaired) electrons. The lowest BCUT2D eigenvalue weighted by Crippen LogP contribution is -2.33. The molecule has 0 aromatic heterocycles. The van der Waals surface area contributed by atoms with Crippen molar-refractivity contribution in [3.8, 4) is 11.5 Å². The zero-order valence-corrected chi connectivity index (χ0v) is 15.9. The highest BCUT2D eigenvalue weighted by atomic mass is 16.6. The Morgan fingerprint density at radius 2 is 1.76 bits per heavy atom. The molecular weight excluding hydrogens is 374 g/mol. The van der Waals surface area contributed by atoms with Gasteiger partial charge in [0.1, 0.15) is 5.75 Å². The number of carbonyl (C=O) groups excluding carboxylic acids is 1. The van der Waals surface area contributed by atoms with Crippen LogP contribution in [0, 0.1) is 10.1 Å². The first kappa shape index (κ1) is 19.8. The fraction of sp³-hybridized carbons (Fsp3) is 0.143. The van der Waals surface area contributed by atoms with Crippen molar-refractivity contribution in [3.05, 3.63) is 76.3 Å². The van der Waals surface area contributed by atoms with Crippen molar-refractivity contribution < 1.29 is 19.2 Å². The normalized spacial score (nSPS) is 11.9. The van der Waals surface area contributed by atoms with E-state index in [1.807, 2.05) is 36.4 Å². The van der Waals surface area contributed by atoms with Crippen LogP contribution < -0.4 is 14.9 Å². The Morgan fingerprint density at radius 1 is 1.07 bits per heavy atom. The van der Waals surface area contributed by atoms with Gasteiger partial charge in [-0.05, 0) is 30.5 Å². The van der Waals surface area contributed by atoms with E-state index in [1.165, 1.54) is 31.3 Å². The van der Waals surface area contributed by atoms with E-state index in [4.69, 9.17) is 9.47 Å². The molecule has 1 amide bonds. The van der Waals surface area contributed by atoms with Gasteiger partial charge < -0.3 is 9.47 Å². The molecule has 0 saturated carbocycles. The smallest absolute Gasteiger partial charge is 0.310 e. The number of hydrazone groups is 1. The predicted molar refractivity (Wildman–Crippen MR) is 109 cm³/mol. The Kier molecular flexibility index (Phi) is 6.03. The molecule has 3 rings (SSSR count). The lowest BCUT2D eigenvalue weighted by molar-refractivity contribution is -0.386. The second kappa shape index (κ2) is 8.83. The zero-order valence-electron chi connectivity index (χ0n) is 15.9. The highest BCUT2D eigenvalue weighted by Gasteiger charge is 2.20. The molecule has 0 spiro atoms. The van der Waals surface area contributed by atoms with Crippen LogP contribution in [0.2, 0.25) is 0 Å². The van der Waals surface area contributed by atoms with Gasteiger partial charge in [0.15, 0.2) is 11.9 Å². The van der Waals surface area contributed by atoms with Crippen molar-refractivity contribution in [2.45, 2.75) is 13.0 Å². The summed E-state index contributed by atoms with van der Waals surface area (Å²) < 4.78 is 10.8. The van der Waals surface area contributed by atoms with E-state index in [-0.39, 0.29) is 11.4 Å². The van der Waals surface area contributed by atoms with Crippen LogP contribution in [0.5, 0.6) is 11.5 Å². The Balaban J connectivity index is 1.70. The third kappa shape index (κ3) is 4.49. The fourth-order valence-electron chi connectivity index (χ4n) is 2.79. The molecule has 148 valence electrons. The summed E-state index contributed by atoms with van der Waals surface area (Å²) in [5.74, 6) is 0.232. The molecule has 0 unspecified atom stereocenters. The Morgan fingerprint density at radius 3 is 2.48 bits per heavy atom. The van der Waals surface area contributed by atoms with Crippen molar-refractivity contribution in [2.75, 3.05) is 7.11 Å². The highest BCUT2D eigenvalue weighted by molar-refractivity contribution is 6.02. The Labute approximate surface area is 166 Å². The minimum Gasteiger partial charge on any atom is -0.496 e. The SMILES string of the molecule is COc1ccc(/C=N\NC(=O)[C@@H](C)Oc2ccccc2[N+](=O)[O-])c2ccccc12. The summed E-state index contributed by atoms with van der Waals surface area (Å²) in [5, 5.41) is 16.9. The van der Waals surface area contributed by atoms with Gasteiger partial charge in [-0.3, -0.25) is 14.9 Å². The van der Waals surface area contributed by atoms with E-state index in [0.29, 0.717) is 0 Å². The molecular formula is C21H19N3O5. The molecule has 0 aliphatic heterocycles. The average Bonchev–Trinajstić information content (AvgIpc) is 2.73. The van der Waals surface area contributed by atoms with Crippen LogP contribution in [-0.4, -0.2) is 30.3 Å². The van der Waals surface area contributed by atoms with Crippen LogP contribution >= 0.6 is 0 Å². The summed E-state index contributed by atoms with van der Waals surface area (Å²) in [6.45, 7) is 1.49. The second-order valence-electron chi connectivity index (χ2n) is 6.12. The van der Waals surface area contributed by atoms with Gasteiger partial charge in [0, 0.05) is 17.0 Å². The van der Waals surface area contributed by atoms with Crippen molar-refractivity contribution in [1.82, 2.24) is 5.43 Å². The predicted octanol–water partition coefficient (Wildman–Crippen LogP) is 3.67. The van der Waals surface area contributed by atoms with Gasteiger partial charge in [0.05, 0.1) is 18.2 Å². The van der Waals surface area contributed by atoms with E-state index in [9.17, 15) is 14.9 Å². The maximum atomic E-state index is 12.2. The molecule has 0 fully saturated rings. The molecule has 3 aromatic carbocycles. The van der Waals surface area contributed by atoms with Crippen molar-refractivity contribution >= 4 is 28.6 Å². The van der Waals surface area contributed by atoms with E-state index in [2.05, 4.69) is 10.5 Å². The fourth-order valence-corrected chi connectivity index (χ4v) is 2.79. The zero-order chi connectivity index (χ0) is 20.8. The van der Waals surface area contributed by atoms with Crippen LogP contribution in [0.4, 0.5) is 5.69 Å². The van der Waals surface area contributed by atoms with Crippen LogP contribution in [-0.2, 0) is 4.79 Å². The monoisotopic (exact) mass is 393 g/mol. The van der Waals surface area contributed by atoms with Gasteiger partial charge in [-0.15, -0.1) is 0 Å². The molecule has 8 nitrogen and oxygen atoms in total. The molecule has 0 bridgehead atoms. The van der Waals surface area contributed by atoms with Crippen molar-refractivity contribution in [1.29, 1.82) is 0 Å². The number of amides is 1. The lowest BCUT2D eigenvalue weighted by Gasteiger charge is -2.13. The standard InChI is InChI=1S/C21H19N3O5/c1-14(29-20-10-6-5-9-18(20)24(26)27)21(25)23-22-13-15-11-12-19(28-2)17-8-4-3-7-16(15)17/h3-14H,1-2H3,(H,23,25)/b22-13-/t14-/m1/s1. The summed E-state index contributed by atoms with van der Waals surface area (Å²) in [5.41, 5.74) is 2.99. The first-order chi connectivity index (χ1) is 14.0. The number of para-hydroxylation sites is 2. The number of nitrogens with one attached hydrogen (secondary N) is 1. The van der Waals surface area contributed by atoms with E-state index in [0.717, 1.165) is 22.1 Å². The van der Waals surface area contributed by atoms with Gasteiger partial charge in [-0.25, -0.2) is 5.43 Å². The molecule has 8 heteroatoms. The lowest BCUT2D eigenvalue weighted by atomic mass is 10.0. The first-order valence-electron chi connectivity index (χ1n) is 8.80. The number of nitro benzene ring substituents is 1. The maximum Gasteiger partial charge on any atom is 0.310 e. The number of hydrogen-bond donors (Lipinski definition) is 1. The summed E-state index contributed by atoms with van der Waals surface area (Å²) in [7, 11) is 1.61. The van der Waals surface area contributed by atoms with Crippen molar-refractivity contribution in [2.24, 2.45) is 5.10 Å². The van der Waals surface area contributed by atoms with E-state index < -0.39 is 16.9 Å². The van der Waals surface area contributed by atoms with Gasteiger partial charge in [-0.1, -0.05) is 36.4 Å². The number of rotatable bonds is 7. The topological polar surface area (TPSA) is 103 Å². The largest absolute Gasteiger partial charge is 0.496 e. The number of nitro groups is 1. The number of nitrogens with zero attached hydrogens (tertiary/aromatic N) is 2. The summed E-state index contributed by atoms with van der Waals surface area (Å²) in [6.07, 6.45) is 0.554. The molecule has 29 heavy (non-hydrogen) atoms. The minimum absolute atomic E-state index is 0.0188. The van der Waals surface area contributed by atoms with Gasteiger partial charge in [-0.2, -0.15) is 5.10 Å². The number of methoxy groups -OCH3 is 1. The second-order valence-corrected chi connectivity index (χ2v) is 6.12. The van der Waals surface area contributed by atoms with Gasteiger partial charge in [0.2, 0.25) is 0 Å². The third-order valence-electron chi connectivity index (χ3n) is 4.25. The van der Waals surface area contributed by atoms with E-state index >= 15 is 0 Å². The van der Waals surface area contributed by atoms with Gasteiger partial charge in [0.25, 0.3) is 5.91 Å². The Hall–Kier alpha value is -3.94. The number of ether oxygens (including phenoxy) is 2. The van der Waals surface area contributed by atoms with Crippen LogP contribution in [0.15, 0.2) is 65.8 Å². The summed E-state index contributed by atoms with van der Waals surface area (Å²) in [6, 6.07) is 17.2. The molecule has 1 atom stereocenters. The molecule has 0 heterocycles. The molecule has 0 saturated heterocycles. The Bertz CT molecular complexity index is 1080. The van der Waals surface area contributed by atoms with Crippen LogP contribution in [0.1, 0.15) is 12.5 Å². The molecule has 3 aromatic rings. The number of hydrogen-bond acceptors (Lipinski definition) is 6. The third-order valence-corrected chi connectivity index (χ3v) is 4.25. The van der Waals surface area contributed by atoms with E-state index in [1.54, 1.807) is 13.2 Å². The first-order valence-corrected chi connectivity index (χ1v) is 8.80. The summed E-state index contributed by atoms with van der Waals surface area (Å²) in [4.78, 5) is 22.7. The number of fused-ring (bicyclic) bond motifs is 1. The maximum absolute atomic E-state index is 12.2. The number of benzene rings is 3. The minimum atomic E-state index is -0.971. The van der Waals surface area contributed by atoms with Gasteiger partial charge >= 0.3 is 5.69 Å². The van der Waals surface area contributed by atoms with Crippen LogP contribution in [0.25, 0.3) is 10.8 Å². The molecule has 1 N–H and O–H groups in total. The highest BCUT2D eigenvalue weighted by Crippen LogP contribution is 2.28. The van der Waals surface area contributed by atoms with Crippen LogP contribution in [0.3, 0.4) is 0 Å². The summed E-state index contributed by atoms with van der Waals surface area (Å²) >= 11 is 0. The molecule has 0 aliphatic carbocycles. The molecule has 0 aliphatic rings. The quantitative estimate of drug-likeness (QED) is 0.375. The number of carbonyl (C=O) groups is 1. The average molecular weight is 393 g/mol.